The minimum Gasteiger partial charge on any atom is -0.465 e. The third kappa shape index (κ3) is 3.60. The molecule has 0 radical (unpaired) electrons. The van der Waals surface area contributed by atoms with Crippen LogP contribution in [0.4, 0.5) is 11.5 Å². The largest absolute Gasteiger partial charge is 0.465 e. The number of carbonyl (C=O) groups is 1. The van der Waals surface area contributed by atoms with Crippen molar-refractivity contribution in [2.24, 2.45) is 0 Å². The quantitative estimate of drug-likeness (QED) is 0.484. The van der Waals surface area contributed by atoms with Crippen molar-refractivity contribution in [1.82, 2.24) is 9.88 Å². The minimum atomic E-state index is -0.522. The van der Waals surface area contributed by atoms with Crippen molar-refractivity contribution in [3.8, 4) is 0 Å². The molecule has 0 aliphatic carbocycles. The summed E-state index contributed by atoms with van der Waals surface area (Å²) in [5, 5.41) is 10.6. The lowest BCUT2D eigenvalue weighted by molar-refractivity contribution is -0.389. The summed E-state index contributed by atoms with van der Waals surface area (Å²) in [6.07, 6.45) is 6.20. The zero-order chi connectivity index (χ0) is 16.9. The molecular weight excluding hydrogens is 312 g/mol. The first kappa shape index (κ1) is 15.7. The Morgan fingerprint density at radius 3 is 2.62 bits per heavy atom. The van der Waals surface area contributed by atoms with E-state index >= 15 is 0 Å². The smallest absolute Gasteiger partial charge is 0.363 e. The fourth-order valence-electron chi connectivity index (χ4n) is 2.50. The number of furan rings is 1. The molecule has 1 aliphatic rings. The van der Waals surface area contributed by atoms with E-state index in [1.54, 1.807) is 35.4 Å². The van der Waals surface area contributed by atoms with Gasteiger partial charge in [-0.2, -0.15) is 0 Å². The molecule has 1 fully saturated rings. The second kappa shape index (κ2) is 6.95. The fraction of sp³-hybridized carbons (Fsp3) is 0.250. The number of hydrogen-bond donors (Lipinski definition) is 0. The number of hydrogen-bond acceptors (Lipinski definition) is 6. The number of piperazine rings is 1. The number of pyridine rings is 1. The van der Waals surface area contributed by atoms with E-state index in [9.17, 15) is 14.9 Å². The second-order valence-corrected chi connectivity index (χ2v) is 5.29. The molecule has 3 rings (SSSR count). The maximum absolute atomic E-state index is 12.1. The van der Waals surface area contributed by atoms with Crippen LogP contribution >= 0.6 is 0 Å². The Hall–Kier alpha value is -3.16. The van der Waals surface area contributed by atoms with E-state index in [1.807, 2.05) is 0 Å². The number of carbonyl (C=O) groups excluding carboxylic acids is 1. The van der Waals surface area contributed by atoms with Gasteiger partial charge in [0, 0.05) is 38.3 Å². The number of rotatable bonds is 4. The van der Waals surface area contributed by atoms with Gasteiger partial charge in [-0.05, 0) is 34.2 Å². The van der Waals surface area contributed by atoms with Gasteiger partial charge in [0.05, 0.1) is 12.0 Å². The molecule has 124 valence electrons. The Labute approximate surface area is 138 Å². The van der Waals surface area contributed by atoms with Crippen LogP contribution in [0.3, 0.4) is 0 Å². The summed E-state index contributed by atoms with van der Waals surface area (Å²) < 4.78 is 5.15. The zero-order valence-electron chi connectivity index (χ0n) is 12.9. The highest BCUT2D eigenvalue weighted by Crippen LogP contribution is 2.18. The van der Waals surface area contributed by atoms with Gasteiger partial charge in [0.15, 0.2) is 6.20 Å². The van der Waals surface area contributed by atoms with Gasteiger partial charge in [0.1, 0.15) is 5.76 Å². The lowest BCUT2D eigenvalue weighted by atomic mass is 10.2. The Morgan fingerprint density at radius 2 is 2.04 bits per heavy atom. The maximum atomic E-state index is 12.1. The van der Waals surface area contributed by atoms with Crippen molar-refractivity contribution in [3.63, 3.8) is 0 Å². The molecule has 0 spiro atoms. The van der Waals surface area contributed by atoms with Gasteiger partial charge in [-0.3, -0.25) is 4.79 Å². The normalized spacial score (nSPS) is 15.0. The summed E-state index contributed by atoms with van der Waals surface area (Å²) in [4.78, 5) is 29.9. The van der Waals surface area contributed by atoms with Crippen molar-refractivity contribution in [3.05, 3.63) is 58.7 Å². The summed E-state index contributed by atoms with van der Waals surface area (Å²) in [5.74, 6) is 0.405. The van der Waals surface area contributed by atoms with Gasteiger partial charge < -0.3 is 24.3 Å². The molecule has 24 heavy (non-hydrogen) atoms. The second-order valence-electron chi connectivity index (χ2n) is 5.29. The van der Waals surface area contributed by atoms with Crippen LogP contribution in [-0.4, -0.2) is 46.9 Å². The van der Waals surface area contributed by atoms with Crippen molar-refractivity contribution in [2.75, 3.05) is 31.1 Å². The standard InChI is InChI=1S/C16H16N4O4/c21-16(6-4-14-2-1-11-24-14)19-9-7-18(8-10-19)13-3-5-15(17-12-13)20(22)23/h1-6,11-12H,7-10H2. The van der Waals surface area contributed by atoms with E-state index in [4.69, 9.17) is 4.42 Å². The van der Waals surface area contributed by atoms with E-state index in [0.717, 1.165) is 5.69 Å². The predicted octanol–water partition coefficient (Wildman–Crippen LogP) is 1.94. The van der Waals surface area contributed by atoms with E-state index in [1.165, 1.54) is 18.3 Å². The van der Waals surface area contributed by atoms with Crippen LogP contribution in [0, 0.1) is 10.1 Å². The predicted molar refractivity (Wildman–Crippen MR) is 87.4 cm³/mol. The lowest BCUT2D eigenvalue weighted by Crippen LogP contribution is -2.48. The van der Waals surface area contributed by atoms with Crippen molar-refractivity contribution in [1.29, 1.82) is 0 Å². The summed E-state index contributed by atoms with van der Waals surface area (Å²) >= 11 is 0. The van der Waals surface area contributed by atoms with Gasteiger partial charge in [0.25, 0.3) is 0 Å². The molecule has 2 aromatic rings. The summed E-state index contributed by atoms with van der Waals surface area (Å²) in [5.41, 5.74) is 0.818. The average molecular weight is 328 g/mol. The number of aromatic nitrogens is 1. The highest BCUT2D eigenvalue weighted by molar-refractivity contribution is 5.91. The molecule has 0 N–H and O–H groups in total. The molecule has 8 nitrogen and oxygen atoms in total. The van der Waals surface area contributed by atoms with Crippen molar-refractivity contribution >= 4 is 23.5 Å². The van der Waals surface area contributed by atoms with E-state index in [0.29, 0.717) is 31.9 Å². The molecule has 3 heterocycles. The monoisotopic (exact) mass is 328 g/mol. The topological polar surface area (TPSA) is 92.7 Å². The average Bonchev–Trinajstić information content (AvgIpc) is 3.13. The first-order chi connectivity index (χ1) is 11.6. The van der Waals surface area contributed by atoms with Crippen LogP contribution in [0.5, 0.6) is 0 Å². The molecule has 0 saturated carbocycles. The van der Waals surface area contributed by atoms with Crippen LogP contribution in [-0.2, 0) is 4.79 Å². The highest BCUT2D eigenvalue weighted by atomic mass is 16.6. The minimum absolute atomic E-state index is 0.0622. The zero-order valence-corrected chi connectivity index (χ0v) is 12.9. The molecule has 2 aromatic heterocycles. The SMILES string of the molecule is O=C(C=Cc1ccco1)N1CCN(c2ccc([N+](=O)[O-])nc2)CC1. The van der Waals surface area contributed by atoms with Crippen LogP contribution in [0.2, 0.25) is 0 Å². The van der Waals surface area contributed by atoms with Gasteiger partial charge >= 0.3 is 5.82 Å². The lowest BCUT2D eigenvalue weighted by Gasteiger charge is -2.35. The maximum Gasteiger partial charge on any atom is 0.363 e. The third-order valence-corrected chi connectivity index (χ3v) is 3.81. The number of nitrogens with zero attached hydrogens (tertiary/aromatic N) is 4. The van der Waals surface area contributed by atoms with E-state index in [2.05, 4.69) is 9.88 Å². The molecule has 0 unspecified atom stereocenters. The van der Waals surface area contributed by atoms with Crippen molar-refractivity contribution < 1.29 is 14.1 Å². The van der Waals surface area contributed by atoms with Crippen LogP contribution in [0.15, 0.2) is 47.2 Å². The highest BCUT2D eigenvalue weighted by Gasteiger charge is 2.21. The number of anilines is 1. The first-order valence-corrected chi connectivity index (χ1v) is 7.49. The molecule has 0 aromatic carbocycles. The molecular formula is C16H16N4O4. The van der Waals surface area contributed by atoms with Gasteiger partial charge in [-0.1, -0.05) is 0 Å². The first-order valence-electron chi connectivity index (χ1n) is 7.49. The molecule has 1 aliphatic heterocycles. The van der Waals surface area contributed by atoms with E-state index in [-0.39, 0.29) is 11.7 Å². The van der Waals surface area contributed by atoms with Crippen molar-refractivity contribution in [2.45, 2.75) is 0 Å². The summed E-state index contributed by atoms with van der Waals surface area (Å²) in [6, 6.07) is 6.61. The Kier molecular flexibility index (Phi) is 4.55. The van der Waals surface area contributed by atoms with Gasteiger partial charge in [-0.15, -0.1) is 0 Å². The molecule has 8 heteroatoms. The molecule has 0 bridgehead atoms. The Morgan fingerprint density at radius 1 is 1.25 bits per heavy atom. The van der Waals surface area contributed by atoms with Crippen LogP contribution in [0.25, 0.3) is 6.08 Å². The summed E-state index contributed by atoms with van der Waals surface area (Å²) in [7, 11) is 0. The fourth-order valence-corrected chi connectivity index (χ4v) is 2.50. The summed E-state index contributed by atoms with van der Waals surface area (Å²) in [6.45, 7) is 2.47. The Bertz CT molecular complexity index is 732. The Balaban J connectivity index is 1.55. The molecule has 1 saturated heterocycles. The van der Waals surface area contributed by atoms with Gasteiger partial charge in [0.2, 0.25) is 5.91 Å². The number of amides is 1. The van der Waals surface area contributed by atoms with Crippen LogP contribution in [0.1, 0.15) is 5.76 Å². The van der Waals surface area contributed by atoms with Crippen LogP contribution < -0.4 is 4.90 Å². The molecule has 0 atom stereocenters. The third-order valence-electron chi connectivity index (χ3n) is 3.81. The number of nitro groups is 1. The van der Waals surface area contributed by atoms with Gasteiger partial charge in [-0.25, -0.2) is 0 Å². The van der Waals surface area contributed by atoms with E-state index < -0.39 is 4.92 Å². The molecule has 1 amide bonds.